The normalized spacial score (nSPS) is 12.4. The van der Waals surface area contributed by atoms with E-state index in [9.17, 15) is 15.2 Å². The van der Waals surface area contributed by atoms with E-state index in [0.717, 1.165) is 0 Å². The highest BCUT2D eigenvalue weighted by atomic mass is 79.9. The SMILES string of the molecule is N[C@@H](CCO)c1cc(Br)cc([N+](=O)[O-])c1O. The molecule has 1 atom stereocenters. The minimum Gasteiger partial charge on any atom is -0.502 e. The van der Waals surface area contributed by atoms with Crippen LogP contribution in [0.25, 0.3) is 0 Å². The molecule has 0 bridgehead atoms. The highest BCUT2D eigenvalue weighted by Crippen LogP contribution is 2.36. The average molecular weight is 291 g/mol. The Bertz CT molecular complexity index is 411. The standard InChI is InChI=1S/C9H11BrN2O4/c10-5-3-6(7(11)1-2-13)9(14)8(4-5)12(15)16/h3-4,7,13-14H,1-2,11H2/t7-/m0/s1. The van der Waals surface area contributed by atoms with Crippen molar-refractivity contribution in [1.82, 2.24) is 0 Å². The molecule has 0 heterocycles. The fourth-order valence-electron chi connectivity index (χ4n) is 1.32. The molecule has 0 fully saturated rings. The second kappa shape index (κ2) is 5.24. The first-order chi connectivity index (χ1) is 7.47. The van der Waals surface area contributed by atoms with Gasteiger partial charge in [-0.05, 0) is 12.5 Å². The molecule has 0 aliphatic rings. The molecule has 4 N–H and O–H groups in total. The zero-order valence-corrected chi connectivity index (χ0v) is 9.85. The Kier molecular flexibility index (Phi) is 4.22. The molecule has 16 heavy (non-hydrogen) atoms. The molecule has 0 radical (unpaired) electrons. The highest BCUT2D eigenvalue weighted by Gasteiger charge is 2.21. The number of phenols is 1. The molecule has 0 unspecified atom stereocenters. The van der Waals surface area contributed by atoms with Gasteiger partial charge >= 0.3 is 5.69 Å². The number of benzene rings is 1. The van der Waals surface area contributed by atoms with Gasteiger partial charge in [0.05, 0.1) is 4.92 Å². The molecular formula is C9H11BrN2O4. The van der Waals surface area contributed by atoms with Gasteiger partial charge in [0.15, 0.2) is 5.75 Å². The van der Waals surface area contributed by atoms with Gasteiger partial charge in [-0.3, -0.25) is 10.1 Å². The first kappa shape index (κ1) is 12.9. The molecule has 7 heteroatoms. The van der Waals surface area contributed by atoms with Crippen LogP contribution in [0.4, 0.5) is 5.69 Å². The van der Waals surface area contributed by atoms with Crippen molar-refractivity contribution in [3.63, 3.8) is 0 Å². The summed E-state index contributed by atoms with van der Waals surface area (Å²) in [5.74, 6) is -0.450. The molecule has 0 aliphatic carbocycles. The molecule has 0 saturated heterocycles. The predicted molar refractivity (Wildman–Crippen MR) is 61.1 cm³/mol. The van der Waals surface area contributed by atoms with Crippen molar-refractivity contribution in [2.45, 2.75) is 12.5 Å². The van der Waals surface area contributed by atoms with Gasteiger partial charge in [-0.25, -0.2) is 0 Å². The van der Waals surface area contributed by atoms with Crippen molar-refractivity contribution in [3.05, 3.63) is 32.3 Å². The van der Waals surface area contributed by atoms with Crippen LogP contribution in [-0.4, -0.2) is 21.7 Å². The number of halogens is 1. The number of aromatic hydroxyl groups is 1. The van der Waals surface area contributed by atoms with Crippen LogP contribution >= 0.6 is 15.9 Å². The quantitative estimate of drug-likeness (QED) is 0.574. The minimum absolute atomic E-state index is 0.152. The summed E-state index contributed by atoms with van der Waals surface area (Å²) in [6, 6.07) is 2.06. The molecule has 0 amide bonds. The van der Waals surface area contributed by atoms with Gasteiger partial charge in [0.25, 0.3) is 0 Å². The summed E-state index contributed by atoms with van der Waals surface area (Å²) in [7, 11) is 0. The third-order valence-corrected chi connectivity index (χ3v) is 2.58. The first-order valence-corrected chi connectivity index (χ1v) is 5.30. The monoisotopic (exact) mass is 290 g/mol. The Morgan fingerprint density at radius 1 is 1.56 bits per heavy atom. The number of hydrogen-bond acceptors (Lipinski definition) is 5. The Balaban J connectivity index is 3.23. The molecule has 1 aromatic carbocycles. The minimum atomic E-state index is -0.685. The first-order valence-electron chi connectivity index (χ1n) is 4.50. The summed E-state index contributed by atoms with van der Waals surface area (Å²) in [4.78, 5) is 9.96. The molecular weight excluding hydrogens is 280 g/mol. The second-order valence-corrected chi connectivity index (χ2v) is 4.15. The topological polar surface area (TPSA) is 110 Å². The van der Waals surface area contributed by atoms with Crippen molar-refractivity contribution < 1.29 is 15.1 Å². The summed E-state index contributed by atoms with van der Waals surface area (Å²) >= 11 is 3.10. The molecule has 0 aliphatic heterocycles. The molecule has 0 spiro atoms. The molecule has 1 rings (SSSR count). The van der Waals surface area contributed by atoms with E-state index in [-0.39, 0.29) is 18.6 Å². The lowest BCUT2D eigenvalue weighted by Crippen LogP contribution is -2.12. The van der Waals surface area contributed by atoms with E-state index < -0.39 is 22.4 Å². The van der Waals surface area contributed by atoms with E-state index in [1.54, 1.807) is 0 Å². The number of hydrogen-bond donors (Lipinski definition) is 3. The van der Waals surface area contributed by atoms with Gasteiger partial charge < -0.3 is 15.9 Å². The molecule has 88 valence electrons. The van der Waals surface area contributed by atoms with E-state index in [2.05, 4.69) is 15.9 Å². The summed E-state index contributed by atoms with van der Waals surface area (Å²) in [5.41, 5.74) is 5.52. The van der Waals surface area contributed by atoms with E-state index in [1.807, 2.05) is 0 Å². The smallest absolute Gasteiger partial charge is 0.312 e. The van der Waals surface area contributed by atoms with Crippen LogP contribution in [0.1, 0.15) is 18.0 Å². The summed E-state index contributed by atoms with van der Waals surface area (Å²) in [5, 5.41) is 29.0. The van der Waals surface area contributed by atoms with Gasteiger partial charge in [-0.1, -0.05) is 15.9 Å². The van der Waals surface area contributed by atoms with E-state index >= 15 is 0 Å². The second-order valence-electron chi connectivity index (χ2n) is 3.24. The zero-order chi connectivity index (χ0) is 12.3. The van der Waals surface area contributed by atoms with E-state index in [1.165, 1.54) is 12.1 Å². The third kappa shape index (κ3) is 2.69. The molecule has 6 nitrogen and oxygen atoms in total. The third-order valence-electron chi connectivity index (χ3n) is 2.12. The number of aliphatic hydroxyl groups excluding tert-OH is 1. The van der Waals surface area contributed by atoms with Crippen LogP contribution in [0.2, 0.25) is 0 Å². The lowest BCUT2D eigenvalue weighted by molar-refractivity contribution is -0.386. The number of nitro benzene ring substituents is 1. The van der Waals surface area contributed by atoms with Crippen molar-refractivity contribution in [1.29, 1.82) is 0 Å². The van der Waals surface area contributed by atoms with Crippen LogP contribution in [0.5, 0.6) is 5.75 Å². The van der Waals surface area contributed by atoms with Crippen molar-refractivity contribution >= 4 is 21.6 Å². The molecule has 1 aromatic rings. The van der Waals surface area contributed by atoms with Gasteiger partial charge in [0.1, 0.15) is 0 Å². The number of nitro groups is 1. The zero-order valence-electron chi connectivity index (χ0n) is 8.26. The Labute approximate surface area is 100.0 Å². The van der Waals surface area contributed by atoms with Gasteiger partial charge in [0.2, 0.25) is 0 Å². The molecule has 0 aromatic heterocycles. The summed E-state index contributed by atoms with van der Waals surface area (Å²) in [6.07, 6.45) is 0.223. The summed E-state index contributed by atoms with van der Waals surface area (Å²) in [6.45, 7) is -0.152. The molecule has 0 saturated carbocycles. The van der Waals surface area contributed by atoms with Crippen LogP contribution in [0.15, 0.2) is 16.6 Å². The number of nitrogens with two attached hydrogens (primary N) is 1. The highest BCUT2D eigenvalue weighted by molar-refractivity contribution is 9.10. The lowest BCUT2D eigenvalue weighted by Gasteiger charge is -2.12. The Hall–Kier alpha value is -1.18. The largest absolute Gasteiger partial charge is 0.502 e. The maximum Gasteiger partial charge on any atom is 0.312 e. The van der Waals surface area contributed by atoms with E-state index in [0.29, 0.717) is 4.47 Å². The van der Waals surface area contributed by atoms with Gasteiger partial charge in [0, 0.05) is 28.8 Å². The van der Waals surface area contributed by atoms with Crippen LogP contribution < -0.4 is 5.73 Å². The number of phenolic OH excluding ortho intramolecular Hbond substituents is 1. The lowest BCUT2D eigenvalue weighted by atomic mass is 10.0. The maximum absolute atomic E-state index is 10.6. The predicted octanol–water partition coefficient (Wildman–Crippen LogP) is 1.45. The van der Waals surface area contributed by atoms with Gasteiger partial charge in [-0.15, -0.1) is 0 Å². The van der Waals surface area contributed by atoms with Crippen LogP contribution in [0, 0.1) is 10.1 Å². The average Bonchev–Trinajstić information content (AvgIpc) is 2.20. The van der Waals surface area contributed by atoms with E-state index in [4.69, 9.17) is 10.8 Å². The van der Waals surface area contributed by atoms with Crippen LogP contribution in [-0.2, 0) is 0 Å². The van der Waals surface area contributed by atoms with Gasteiger partial charge in [-0.2, -0.15) is 0 Å². The fraction of sp³-hybridized carbons (Fsp3) is 0.333. The maximum atomic E-state index is 10.6. The Morgan fingerprint density at radius 2 is 2.19 bits per heavy atom. The van der Waals surface area contributed by atoms with Crippen molar-refractivity contribution in [2.75, 3.05) is 6.61 Å². The number of nitrogens with zero attached hydrogens (tertiary/aromatic N) is 1. The van der Waals surface area contributed by atoms with Crippen LogP contribution in [0.3, 0.4) is 0 Å². The summed E-state index contributed by atoms with van der Waals surface area (Å²) < 4.78 is 0.459. The fourth-order valence-corrected chi connectivity index (χ4v) is 1.79. The van der Waals surface area contributed by atoms with Crippen molar-refractivity contribution in [2.24, 2.45) is 5.73 Å². The van der Waals surface area contributed by atoms with Crippen molar-refractivity contribution in [3.8, 4) is 5.75 Å². The number of aliphatic hydroxyl groups is 1. The Morgan fingerprint density at radius 3 is 2.69 bits per heavy atom. The number of rotatable bonds is 4.